The molecule has 0 amide bonds. The van der Waals surface area contributed by atoms with E-state index in [0.717, 1.165) is 19.5 Å². The third kappa shape index (κ3) is 3.70. The normalized spacial score (nSPS) is 17.9. The number of hydrogen-bond acceptors (Lipinski definition) is 2. The Morgan fingerprint density at radius 1 is 1.29 bits per heavy atom. The number of methoxy groups -OCH3 is 1. The van der Waals surface area contributed by atoms with Crippen LogP contribution < -0.4 is 0 Å². The monoisotopic (exact) mass is 199 g/mol. The summed E-state index contributed by atoms with van der Waals surface area (Å²) in [5, 5.41) is 0. The molecule has 1 heterocycles. The van der Waals surface area contributed by atoms with Gasteiger partial charge < -0.3 is 4.74 Å². The van der Waals surface area contributed by atoms with Gasteiger partial charge in [0.05, 0.1) is 12.9 Å². The van der Waals surface area contributed by atoms with Gasteiger partial charge in [-0.15, -0.1) is 0 Å². The first-order valence-corrected chi connectivity index (χ1v) is 5.61. The molecule has 0 aliphatic carbocycles. The van der Waals surface area contributed by atoms with Crippen molar-refractivity contribution in [1.82, 2.24) is 4.90 Å². The Morgan fingerprint density at radius 2 is 1.86 bits per heavy atom. The Labute approximate surface area is 88.9 Å². The van der Waals surface area contributed by atoms with Gasteiger partial charge in [-0.3, -0.25) is 4.90 Å². The van der Waals surface area contributed by atoms with Crippen molar-refractivity contribution in [3.8, 4) is 0 Å². The van der Waals surface area contributed by atoms with E-state index >= 15 is 0 Å². The zero-order valence-electron chi connectivity index (χ0n) is 10.6. The Kier molecular flexibility index (Phi) is 6.64. The van der Waals surface area contributed by atoms with Crippen LogP contribution in [0.5, 0.6) is 0 Å². The minimum Gasteiger partial charge on any atom is -0.501 e. The summed E-state index contributed by atoms with van der Waals surface area (Å²) >= 11 is 0. The topological polar surface area (TPSA) is 12.5 Å². The first kappa shape index (κ1) is 13.5. The van der Waals surface area contributed by atoms with E-state index in [4.69, 9.17) is 4.74 Å². The number of hydrogen-bond donors (Lipinski definition) is 0. The van der Waals surface area contributed by atoms with Gasteiger partial charge in [0.25, 0.3) is 0 Å². The van der Waals surface area contributed by atoms with E-state index in [1.807, 2.05) is 13.8 Å². The fourth-order valence-electron chi connectivity index (χ4n) is 1.65. The Balaban J connectivity index is 0.000000791. The minimum atomic E-state index is 0.651. The van der Waals surface area contributed by atoms with Crippen LogP contribution in [0.2, 0.25) is 0 Å². The van der Waals surface area contributed by atoms with Crippen LogP contribution in [0, 0.1) is 0 Å². The molecule has 0 saturated carbocycles. The lowest BCUT2D eigenvalue weighted by Crippen LogP contribution is -2.36. The largest absolute Gasteiger partial charge is 0.501 e. The third-order valence-electron chi connectivity index (χ3n) is 2.52. The quantitative estimate of drug-likeness (QED) is 0.678. The van der Waals surface area contributed by atoms with Crippen molar-refractivity contribution in [2.24, 2.45) is 0 Å². The Bertz CT molecular complexity index is 185. The van der Waals surface area contributed by atoms with E-state index in [0.29, 0.717) is 6.04 Å². The van der Waals surface area contributed by atoms with Gasteiger partial charge in [-0.05, 0) is 26.3 Å². The van der Waals surface area contributed by atoms with Crippen LogP contribution in [-0.4, -0.2) is 31.1 Å². The van der Waals surface area contributed by atoms with Gasteiger partial charge in [-0.25, -0.2) is 0 Å². The van der Waals surface area contributed by atoms with Crippen LogP contribution in [0.3, 0.4) is 0 Å². The lowest BCUT2D eigenvalue weighted by Gasteiger charge is -2.31. The summed E-state index contributed by atoms with van der Waals surface area (Å²) in [5.41, 5.74) is 1.39. The predicted octanol–water partition coefficient (Wildman–Crippen LogP) is 3.05. The summed E-state index contributed by atoms with van der Waals surface area (Å²) in [4.78, 5) is 2.47. The molecule has 0 radical (unpaired) electrons. The van der Waals surface area contributed by atoms with Crippen molar-refractivity contribution in [1.29, 1.82) is 0 Å². The van der Waals surface area contributed by atoms with Crippen molar-refractivity contribution in [2.45, 2.75) is 47.1 Å². The van der Waals surface area contributed by atoms with Crippen LogP contribution in [0.1, 0.15) is 41.0 Å². The lowest BCUT2D eigenvalue weighted by atomic mass is 10.1. The lowest BCUT2D eigenvalue weighted by molar-refractivity contribution is 0.184. The smallest absolute Gasteiger partial charge is 0.0970 e. The van der Waals surface area contributed by atoms with Gasteiger partial charge in [0.2, 0.25) is 0 Å². The molecule has 0 unspecified atom stereocenters. The van der Waals surface area contributed by atoms with E-state index in [-0.39, 0.29) is 0 Å². The molecule has 2 nitrogen and oxygen atoms in total. The van der Waals surface area contributed by atoms with Crippen LogP contribution in [0.15, 0.2) is 11.3 Å². The molecule has 0 aromatic heterocycles. The Morgan fingerprint density at radius 3 is 2.21 bits per heavy atom. The van der Waals surface area contributed by atoms with Crippen molar-refractivity contribution in [3.63, 3.8) is 0 Å². The highest BCUT2D eigenvalue weighted by molar-refractivity contribution is 5.11. The van der Waals surface area contributed by atoms with Crippen molar-refractivity contribution in [2.75, 3.05) is 20.2 Å². The summed E-state index contributed by atoms with van der Waals surface area (Å²) in [5.74, 6) is 1.19. The summed E-state index contributed by atoms with van der Waals surface area (Å²) in [6.45, 7) is 12.8. The molecule has 0 spiro atoms. The fourth-order valence-corrected chi connectivity index (χ4v) is 1.65. The van der Waals surface area contributed by atoms with Crippen molar-refractivity contribution >= 4 is 0 Å². The van der Waals surface area contributed by atoms with Crippen molar-refractivity contribution in [3.05, 3.63) is 11.3 Å². The molecule has 14 heavy (non-hydrogen) atoms. The minimum absolute atomic E-state index is 0.651. The van der Waals surface area contributed by atoms with Gasteiger partial charge in [-0.2, -0.15) is 0 Å². The first-order chi connectivity index (χ1) is 6.65. The highest BCUT2D eigenvalue weighted by atomic mass is 16.5. The van der Waals surface area contributed by atoms with E-state index in [1.165, 1.54) is 11.3 Å². The van der Waals surface area contributed by atoms with Crippen LogP contribution in [0.25, 0.3) is 0 Å². The fraction of sp³-hybridized carbons (Fsp3) is 0.833. The summed E-state index contributed by atoms with van der Waals surface area (Å²) in [6.07, 6.45) is 1.07. The molecule has 2 heteroatoms. The third-order valence-corrected chi connectivity index (χ3v) is 2.52. The van der Waals surface area contributed by atoms with Crippen molar-refractivity contribution < 1.29 is 4.74 Å². The average molecular weight is 199 g/mol. The molecule has 1 rings (SSSR count). The standard InChI is InChI=1S/C10H19NO.C2H6/c1-8(2)11-6-5-10(12-4)9(3)7-11;1-2/h8H,5-7H2,1-4H3;1-2H3. The van der Waals surface area contributed by atoms with Gasteiger partial charge in [0.15, 0.2) is 0 Å². The van der Waals surface area contributed by atoms with Gasteiger partial charge in [0.1, 0.15) is 0 Å². The average Bonchev–Trinajstić information content (AvgIpc) is 2.20. The van der Waals surface area contributed by atoms with E-state index < -0.39 is 0 Å². The van der Waals surface area contributed by atoms with Crippen LogP contribution in [0.4, 0.5) is 0 Å². The number of rotatable bonds is 2. The molecule has 84 valence electrons. The summed E-state index contributed by atoms with van der Waals surface area (Å²) in [7, 11) is 1.77. The van der Waals surface area contributed by atoms with E-state index in [1.54, 1.807) is 7.11 Å². The molecule has 0 aromatic carbocycles. The summed E-state index contributed by atoms with van der Waals surface area (Å²) < 4.78 is 5.28. The highest BCUT2D eigenvalue weighted by Gasteiger charge is 2.18. The second-order valence-electron chi connectivity index (χ2n) is 3.72. The highest BCUT2D eigenvalue weighted by Crippen LogP contribution is 2.19. The SMILES string of the molecule is CC.COC1=C(C)CN(C(C)C)CC1. The zero-order chi connectivity index (χ0) is 11.1. The van der Waals surface area contributed by atoms with Crippen LogP contribution in [-0.2, 0) is 4.74 Å². The molecule has 1 aliphatic heterocycles. The predicted molar refractivity (Wildman–Crippen MR) is 62.4 cm³/mol. The van der Waals surface area contributed by atoms with Gasteiger partial charge in [-0.1, -0.05) is 13.8 Å². The second kappa shape index (κ2) is 6.88. The molecule has 0 atom stereocenters. The molecular weight excluding hydrogens is 174 g/mol. The number of ether oxygens (including phenoxy) is 1. The van der Waals surface area contributed by atoms with E-state index in [9.17, 15) is 0 Å². The molecule has 1 aliphatic rings. The van der Waals surface area contributed by atoms with Crippen LogP contribution >= 0.6 is 0 Å². The molecular formula is C12H25NO. The molecule has 0 saturated heterocycles. The molecule has 0 aromatic rings. The summed E-state index contributed by atoms with van der Waals surface area (Å²) in [6, 6.07) is 0.651. The van der Waals surface area contributed by atoms with Gasteiger partial charge in [0, 0.05) is 25.6 Å². The maximum Gasteiger partial charge on any atom is 0.0970 e. The van der Waals surface area contributed by atoms with E-state index in [2.05, 4.69) is 25.7 Å². The second-order valence-corrected chi connectivity index (χ2v) is 3.72. The maximum atomic E-state index is 5.28. The number of nitrogens with zero attached hydrogens (tertiary/aromatic N) is 1. The Hall–Kier alpha value is -0.500. The zero-order valence-corrected chi connectivity index (χ0v) is 10.6. The first-order valence-electron chi connectivity index (χ1n) is 5.61. The van der Waals surface area contributed by atoms with Gasteiger partial charge >= 0.3 is 0 Å². The molecule has 0 bridgehead atoms. The maximum absolute atomic E-state index is 5.28. The molecule has 0 fully saturated rings. The molecule has 0 N–H and O–H groups in total.